The first-order chi connectivity index (χ1) is 11.8. The Morgan fingerprint density at radius 2 is 2.04 bits per heavy atom. The average molecular weight is 343 g/mol. The molecule has 0 unspecified atom stereocenters. The first-order valence-corrected chi connectivity index (χ1v) is 9.56. The Kier molecular flexibility index (Phi) is 5.99. The van der Waals surface area contributed by atoms with E-state index in [-0.39, 0.29) is 5.91 Å². The highest BCUT2D eigenvalue weighted by atomic mass is 32.1. The first kappa shape index (κ1) is 17.1. The number of hydrogen-bond donors (Lipinski definition) is 1. The van der Waals surface area contributed by atoms with Gasteiger partial charge in [-0.2, -0.15) is 0 Å². The van der Waals surface area contributed by atoms with E-state index in [1.165, 1.54) is 12.0 Å². The van der Waals surface area contributed by atoms with Crippen molar-refractivity contribution in [1.29, 1.82) is 0 Å². The second kappa shape index (κ2) is 8.40. The normalized spacial score (nSPS) is 15.6. The monoisotopic (exact) mass is 343 g/mol. The number of rotatable bonds is 6. The Morgan fingerprint density at radius 1 is 1.29 bits per heavy atom. The number of benzene rings is 1. The standard InChI is InChI=1S/C19H25N3OS/c1-20-10-7-15-8-11-22(12-9-15)19(23)17-14-24-18(21-17)13-16-5-3-2-4-6-16/h2-6,14-15,20H,7-13H2,1H3. The maximum atomic E-state index is 12.6. The van der Waals surface area contributed by atoms with Crippen molar-refractivity contribution in [2.24, 2.45) is 5.92 Å². The zero-order chi connectivity index (χ0) is 16.8. The fourth-order valence-corrected chi connectivity index (χ4v) is 4.00. The quantitative estimate of drug-likeness (QED) is 0.876. The van der Waals surface area contributed by atoms with Crippen LogP contribution in [0, 0.1) is 5.92 Å². The van der Waals surface area contributed by atoms with Crippen LogP contribution >= 0.6 is 11.3 Å². The summed E-state index contributed by atoms with van der Waals surface area (Å²) >= 11 is 1.58. The van der Waals surface area contributed by atoms with E-state index in [2.05, 4.69) is 22.4 Å². The van der Waals surface area contributed by atoms with Gasteiger partial charge in [0.15, 0.2) is 0 Å². The number of likely N-dealkylation sites (tertiary alicyclic amines) is 1. The number of hydrogen-bond acceptors (Lipinski definition) is 4. The highest BCUT2D eigenvalue weighted by molar-refractivity contribution is 7.09. The number of aromatic nitrogens is 1. The van der Waals surface area contributed by atoms with Crippen molar-refractivity contribution in [3.05, 3.63) is 52.0 Å². The van der Waals surface area contributed by atoms with Gasteiger partial charge in [-0.05, 0) is 44.3 Å². The summed E-state index contributed by atoms with van der Waals surface area (Å²) in [7, 11) is 1.99. The van der Waals surface area contributed by atoms with Crippen LogP contribution < -0.4 is 5.32 Å². The second-order valence-electron chi connectivity index (χ2n) is 6.42. The molecule has 4 nitrogen and oxygen atoms in total. The molecule has 0 bridgehead atoms. The van der Waals surface area contributed by atoms with Gasteiger partial charge in [0, 0.05) is 24.9 Å². The predicted molar refractivity (Wildman–Crippen MR) is 98.5 cm³/mol. The summed E-state index contributed by atoms with van der Waals surface area (Å²) in [6.07, 6.45) is 4.21. The molecule has 2 heterocycles. The van der Waals surface area contributed by atoms with E-state index in [4.69, 9.17) is 0 Å². The van der Waals surface area contributed by atoms with E-state index in [0.717, 1.165) is 49.8 Å². The maximum Gasteiger partial charge on any atom is 0.273 e. The van der Waals surface area contributed by atoms with Gasteiger partial charge in [-0.15, -0.1) is 11.3 Å². The summed E-state index contributed by atoms with van der Waals surface area (Å²) in [6, 6.07) is 10.3. The zero-order valence-electron chi connectivity index (χ0n) is 14.2. The van der Waals surface area contributed by atoms with Gasteiger partial charge in [-0.1, -0.05) is 30.3 Å². The lowest BCUT2D eigenvalue weighted by Crippen LogP contribution is -2.39. The minimum absolute atomic E-state index is 0.0950. The molecule has 1 N–H and O–H groups in total. The van der Waals surface area contributed by atoms with Gasteiger partial charge in [0.25, 0.3) is 5.91 Å². The molecule has 1 aromatic heterocycles. The summed E-state index contributed by atoms with van der Waals surface area (Å²) in [4.78, 5) is 19.2. The largest absolute Gasteiger partial charge is 0.337 e. The number of carbonyl (C=O) groups excluding carboxylic acids is 1. The van der Waals surface area contributed by atoms with Crippen LogP contribution in [0.15, 0.2) is 35.7 Å². The van der Waals surface area contributed by atoms with Crippen molar-refractivity contribution >= 4 is 17.2 Å². The number of piperidine rings is 1. The number of nitrogens with one attached hydrogen (secondary N) is 1. The van der Waals surface area contributed by atoms with Crippen LogP contribution in [0.3, 0.4) is 0 Å². The molecule has 0 radical (unpaired) electrons. The summed E-state index contributed by atoms with van der Waals surface area (Å²) < 4.78 is 0. The van der Waals surface area contributed by atoms with Crippen LogP contribution in [0.4, 0.5) is 0 Å². The molecule has 1 aliphatic heterocycles. The van der Waals surface area contributed by atoms with Gasteiger partial charge in [0.1, 0.15) is 5.69 Å². The van der Waals surface area contributed by atoms with Crippen LogP contribution in [0.1, 0.15) is 40.3 Å². The molecule has 0 saturated carbocycles. The Labute approximate surface area is 147 Å². The molecular weight excluding hydrogens is 318 g/mol. The Bertz CT molecular complexity index is 648. The third kappa shape index (κ3) is 4.42. The molecule has 1 amide bonds. The van der Waals surface area contributed by atoms with Gasteiger partial charge in [0.05, 0.1) is 5.01 Å². The number of nitrogens with zero attached hydrogens (tertiary/aromatic N) is 2. The summed E-state index contributed by atoms with van der Waals surface area (Å²) in [5.41, 5.74) is 1.84. The van der Waals surface area contributed by atoms with Crippen LogP contribution in [-0.4, -0.2) is 42.5 Å². The Morgan fingerprint density at radius 3 is 2.75 bits per heavy atom. The van der Waals surface area contributed by atoms with Crippen molar-refractivity contribution in [1.82, 2.24) is 15.2 Å². The Hall–Kier alpha value is -1.72. The van der Waals surface area contributed by atoms with Gasteiger partial charge < -0.3 is 10.2 Å². The second-order valence-corrected chi connectivity index (χ2v) is 7.36. The molecular formula is C19H25N3OS. The molecule has 1 saturated heterocycles. The lowest BCUT2D eigenvalue weighted by atomic mass is 9.93. The average Bonchev–Trinajstić information content (AvgIpc) is 3.09. The fourth-order valence-electron chi connectivity index (χ4n) is 3.20. The van der Waals surface area contributed by atoms with Crippen molar-refractivity contribution < 1.29 is 4.79 Å². The van der Waals surface area contributed by atoms with Gasteiger partial charge in [-0.25, -0.2) is 4.98 Å². The molecule has 0 aliphatic carbocycles. The highest BCUT2D eigenvalue weighted by Gasteiger charge is 2.24. The van der Waals surface area contributed by atoms with Crippen molar-refractivity contribution in [3.8, 4) is 0 Å². The SMILES string of the molecule is CNCCC1CCN(C(=O)c2csc(Cc3ccccc3)n2)CC1. The zero-order valence-corrected chi connectivity index (χ0v) is 15.0. The smallest absolute Gasteiger partial charge is 0.273 e. The van der Waals surface area contributed by atoms with E-state index >= 15 is 0 Å². The van der Waals surface area contributed by atoms with E-state index in [0.29, 0.717) is 5.69 Å². The maximum absolute atomic E-state index is 12.6. The van der Waals surface area contributed by atoms with Crippen LogP contribution in [0.2, 0.25) is 0 Å². The molecule has 3 rings (SSSR count). The third-order valence-electron chi connectivity index (χ3n) is 4.67. The van der Waals surface area contributed by atoms with Crippen LogP contribution in [0.25, 0.3) is 0 Å². The van der Waals surface area contributed by atoms with E-state index in [9.17, 15) is 4.79 Å². The molecule has 1 aromatic carbocycles. The third-order valence-corrected chi connectivity index (χ3v) is 5.52. The molecule has 24 heavy (non-hydrogen) atoms. The molecule has 1 fully saturated rings. The number of carbonyl (C=O) groups is 1. The fraction of sp³-hybridized carbons (Fsp3) is 0.474. The van der Waals surface area contributed by atoms with Crippen LogP contribution in [-0.2, 0) is 6.42 Å². The van der Waals surface area contributed by atoms with Gasteiger partial charge in [0.2, 0.25) is 0 Å². The molecule has 5 heteroatoms. The summed E-state index contributed by atoms with van der Waals surface area (Å²) in [5.74, 6) is 0.836. The summed E-state index contributed by atoms with van der Waals surface area (Å²) in [6.45, 7) is 2.78. The molecule has 2 aromatic rings. The lowest BCUT2D eigenvalue weighted by Gasteiger charge is -2.31. The molecule has 1 aliphatic rings. The predicted octanol–water partition coefficient (Wildman–Crippen LogP) is 3.20. The van der Waals surface area contributed by atoms with Gasteiger partial charge in [-0.3, -0.25) is 4.79 Å². The number of thiazole rings is 1. The van der Waals surface area contributed by atoms with Crippen molar-refractivity contribution in [2.45, 2.75) is 25.7 Å². The molecule has 0 atom stereocenters. The molecule has 0 spiro atoms. The highest BCUT2D eigenvalue weighted by Crippen LogP contribution is 2.22. The van der Waals surface area contributed by atoms with E-state index in [1.54, 1.807) is 11.3 Å². The minimum atomic E-state index is 0.0950. The van der Waals surface area contributed by atoms with Crippen LogP contribution in [0.5, 0.6) is 0 Å². The van der Waals surface area contributed by atoms with Crippen molar-refractivity contribution in [2.75, 3.05) is 26.7 Å². The van der Waals surface area contributed by atoms with E-state index < -0.39 is 0 Å². The Balaban J connectivity index is 1.54. The first-order valence-electron chi connectivity index (χ1n) is 8.68. The summed E-state index contributed by atoms with van der Waals surface area (Å²) in [5, 5.41) is 6.13. The number of amides is 1. The van der Waals surface area contributed by atoms with Gasteiger partial charge >= 0.3 is 0 Å². The van der Waals surface area contributed by atoms with Crippen molar-refractivity contribution in [3.63, 3.8) is 0 Å². The minimum Gasteiger partial charge on any atom is -0.337 e. The topological polar surface area (TPSA) is 45.2 Å². The van der Waals surface area contributed by atoms with E-state index in [1.807, 2.05) is 35.5 Å². The lowest BCUT2D eigenvalue weighted by molar-refractivity contribution is 0.0682. The molecule has 128 valence electrons.